The fraction of sp³-hybridized carbons (Fsp3) is 0.0909. The Kier molecular flexibility index (Phi) is 7.50. The molecule has 0 aliphatic heterocycles. The second-order valence-electron chi connectivity index (χ2n) is 6.00. The second kappa shape index (κ2) is 10.5. The van der Waals surface area contributed by atoms with E-state index in [1.807, 2.05) is 54.6 Å². The van der Waals surface area contributed by atoms with Crippen LogP contribution in [0.4, 0.5) is 0 Å². The Morgan fingerprint density at radius 1 is 0.966 bits per heavy atom. The molecular weight excluding hydrogens is 411 g/mol. The fourth-order valence-electron chi connectivity index (χ4n) is 2.37. The van der Waals surface area contributed by atoms with Crippen LogP contribution in [0.15, 0.2) is 77.9 Å². The van der Waals surface area contributed by atoms with Crippen LogP contribution in [0.1, 0.15) is 11.1 Å². The van der Waals surface area contributed by atoms with Crippen LogP contribution >= 0.6 is 23.2 Å². The van der Waals surface area contributed by atoms with Crippen LogP contribution in [-0.4, -0.2) is 18.7 Å². The zero-order valence-corrected chi connectivity index (χ0v) is 16.9. The lowest BCUT2D eigenvalue weighted by molar-refractivity contribution is -0.123. The maximum Gasteiger partial charge on any atom is 0.277 e. The number of hydrogen-bond acceptors (Lipinski definition) is 4. The zero-order valence-electron chi connectivity index (χ0n) is 15.3. The lowest BCUT2D eigenvalue weighted by Crippen LogP contribution is -2.24. The highest BCUT2D eigenvalue weighted by Gasteiger charge is 2.06. The third-order valence-electron chi connectivity index (χ3n) is 3.76. The normalized spacial score (nSPS) is 10.7. The van der Waals surface area contributed by atoms with Gasteiger partial charge in [0.05, 0.1) is 11.2 Å². The van der Waals surface area contributed by atoms with Crippen LogP contribution < -0.4 is 14.9 Å². The number of benzene rings is 3. The number of ether oxygens (including phenoxy) is 2. The van der Waals surface area contributed by atoms with Crippen molar-refractivity contribution in [2.24, 2.45) is 5.10 Å². The van der Waals surface area contributed by atoms with E-state index < -0.39 is 5.91 Å². The smallest absolute Gasteiger partial charge is 0.277 e. The van der Waals surface area contributed by atoms with Gasteiger partial charge in [0.25, 0.3) is 5.91 Å². The number of nitrogens with zero attached hydrogens (tertiary/aromatic N) is 1. The molecule has 29 heavy (non-hydrogen) atoms. The first kappa shape index (κ1) is 20.7. The Balaban J connectivity index is 1.48. The summed E-state index contributed by atoms with van der Waals surface area (Å²) in [7, 11) is 0. The molecule has 1 amide bonds. The molecule has 7 heteroatoms. The SMILES string of the molecule is O=C(COc1cc(Cl)ccc1Cl)N/N=C/c1cccc(OCc2ccccc2)c1. The Morgan fingerprint density at radius 3 is 2.62 bits per heavy atom. The van der Waals surface area contributed by atoms with Crippen LogP contribution in [0.2, 0.25) is 10.0 Å². The van der Waals surface area contributed by atoms with Gasteiger partial charge in [-0.25, -0.2) is 5.43 Å². The second-order valence-corrected chi connectivity index (χ2v) is 6.85. The third-order valence-corrected chi connectivity index (χ3v) is 4.31. The summed E-state index contributed by atoms with van der Waals surface area (Å²) in [5.41, 5.74) is 4.27. The van der Waals surface area contributed by atoms with Gasteiger partial charge < -0.3 is 9.47 Å². The van der Waals surface area contributed by atoms with E-state index in [2.05, 4.69) is 10.5 Å². The van der Waals surface area contributed by atoms with E-state index in [0.717, 1.165) is 11.1 Å². The Morgan fingerprint density at radius 2 is 1.79 bits per heavy atom. The number of rotatable bonds is 8. The number of carbonyl (C=O) groups excluding carboxylic acids is 1. The summed E-state index contributed by atoms with van der Waals surface area (Å²) in [6, 6.07) is 22.1. The molecule has 148 valence electrons. The quantitative estimate of drug-likeness (QED) is 0.400. The minimum atomic E-state index is -0.422. The summed E-state index contributed by atoms with van der Waals surface area (Å²) in [6.07, 6.45) is 1.53. The molecule has 0 unspecified atom stereocenters. The van der Waals surface area contributed by atoms with E-state index in [9.17, 15) is 4.79 Å². The largest absolute Gasteiger partial charge is 0.489 e. The molecule has 0 aliphatic carbocycles. The molecule has 0 bridgehead atoms. The van der Waals surface area contributed by atoms with Gasteiger partial charge in [-0.3, -0.25) is 4.79 Å². The van der Waals surface area contributed by atoms with Crippen molar-refractivity contribution in [3.05, 3.63) is 94.0 Å². The number of amides is 1. The van der Waals surface area contributed by atoms with Crippen molar-refractivity contribution in [1.82, 2.24) is 5.43 Å². The molecule has 0 spiro atoms. The Hall–Kier alpha value is -3.02. The van der Waals surface area contributed by atoms with E-state index in [4.69, 9.17) is 32.7 Å². The van der Waals surface area contributed by atoms with Gasteiger partial charge in [-0.1, -0.05) is 65.7 Å². The summed E-state index contributed by atoms with van der Waals surface area (Å²) < 4.78 is 11.1. The highest BCUT2D eigenvalue weighted by atomic mass is 35.5. The van der Waals surface area contributed by atoms with Crippen LogP contribution in [0.5, 0.6) is 11.5 Å². The summed E-state index contributed by atoms with van der Waals surface area (Å²) >= 11 is 11.9. The molecule has 0 aromatic heterocycles. The molecule has 0 radical (unpaired) electrons. The maximum atomic E-state index is 11.9. The third kappa shape index (κ3) is 6.82. The van der Waals surface area contributed by atoms with Crippen molar-refractivity contribution >= 4 is 35.3 Å². The number of nitrogens with one attached hydrogen (secondary N) is 1. The molecule has 1 N–H and O–H groups in total. The Bertz CT molecular complexity index is 994. The molecule has 0 fully saturated rings. The average molecular weight is 429 g/mol. The summed E-state index contributed by atoms with van der Waals surface area (Å²) in [6.45, 7) is 0.235. The van der Waals surface area contributed by atoms with Crippen molar-refractivity contribution in [2.45, 2.75) is 6.61 Å². The van der Waals surface area contributed by atoms with Crippen molar-refractivity contribution in [1.29, 1.82) is 0 Å². The van der Waals surface area contributed by atoms with Gasteiger partial charge in [0.15, 0.2) is 6.61 Å². The van der Waals surface area contributed by atoms with E-state index in [0.29, 0.717) is 28.2 Å². The fourth-order valence-corrected chi connectivity index (χ4v) is 2.70. The Labute approximate surface area is 178 Å². The van der Waals surface area contributed by atoms with Crippen LogP contribution in [0, 0.1) is 0 Å². The molecule has 5 nitrogen and oxygen atoms in total. The molecule has 3 aromatic carbocycles. The monoisotopic (exact) mass is 428 g/mol. The van der Waals surface area contributed by atoms with Gasteiger partial charge in [0.1, 0.15) is 18.1 Å². The standard InChI is InChI=1S/C22H18Cl2N2O3/c23-18-9-10-20(24)21(12-18)29-15-22(27)26-25-13-17-7-4-8-19(11-17)28-14-16-5-2-1-3-6-16/h1-13H,14-15H2,(H,26,27)/b25-13+. The molecule has 0 heterocycles. The predicted molar refractivity (Wildman–Crippen MR) is 115 cm³/mol. The van der Waals surface area contributed by atoms with Crippen molar-refractivity contribution in [2.75, 3.05) is 6.61 Å². The topological polar surface area (TPSA) is 59.9 Å². The molecule has 0 saturated carbocycles. The van der Waals surface area contributed by atoms with Crippen molar-refractivity contribution < 1.29 is 14.3 Å². The van der Waals surface area contributed by atoms with E-state index in [1.54, 1.807) is 18.2 Å². The molecule has 3 aromatic rings. The van der Waals surface area contributed by atoms with E-state index in [-0.39, 0.29) is 6.61 Å². The van der Waals surface area contributed by atoms with Gasteiger partial charge >= 0.3 is 0 Å². The molecular formula is C22H18Cl2N2O3. The van der Waals surface area contributed by atoms with Gasteiger partial charge in [0, 0.05) is 11.1 Å². The number of hydrogen-bond donors (Lipinski definition) is 1. The highest BCUT2D eigenvalue weighted by Crippen LogP contribution is 2.27. The molecule has 0 aliphatic rings. The van der Waals surface area contributed by atoms with Crippen LogP contribution in [0.3, 0.4) is 0 Å². The van der Waals surface area contributed by atoms with Gasteiger partial charge in [0.2, 0.25) is 0 Å². The van der Waals surface area contributed by atoms with Crippen LogP contribution in [0.25, 0.3) is 0 Å². The van der Waals surface area contributed by atoms with Crippen LogP contribution in [-0.2, 0) is 11.4 Å². The lowest BCUT2D eigenvalue weighted by Gasteiger charge is -2.07. The molecule has 3 rings (SSSR count). The first-order valence-corrected chi connectivity index (χ1v) is 9.52. The molecule has 0 saturated heterocycles. The highest BCUT2D eigenvalue weighted by molar-refractivity contribution is 6.34. The summed E-state index contributed by atoms with van der Waals surface area (Å²) in [5.74, 6) is 0.624. The van der Waals surface area contributed by atoms with E-state index in [1.165, 1.54) is 6.21 Å². The zero-order chi connectivity index (χ0) is 20.5. The number of halogens is 2. The van der Waals surface area contributed by atoms with E-state index >= 15 is 0 Å². The minimum Gasteiger partial charge on any atom is -0.489 e. The summed E-state index contributed by atoms with van der Waals surface area (Å²) in [5, 5.41) is 4.78. The van der Waals surface area contributed by atoms with Gasteiger partial charge in [-0.05, 0) is 35.4 Å². The number of hydrazone groups is 1. The summed E-state index contributed by atoms with van der Waals surface area (Å²) in [4.78, 5) is 11.9. The first-order valence-electron chi connectivity index (χ1n) is 8.77. The minimum absolute atomic E-state index is 0.238. The average Bonchev–Trinajstić information content (AvgIpc) is 2.74. The van der Waals surface area contributed by atoms with Crippen molar-refractivity contribution in [3.8, 4) is 11.5 Å². The lowest BCUT2D eigenvalue weighted by atomic mass is 10.2. The predicted octanol–water partition coefficient (Wildman–Crippen LogP) is 5.10. The van der Waals surface area contributed by atoms with Crippen molar-refractivity contribution in [3.63, 3.8) is 0 Å². The number of carbonyl (C=O) groups is 1. The molecule has 0 atom stereocenters. The van der Waals surface area contributed by atoms with Gasteiger partial charge in [-0.15, -0.1) is 0 Å². The van der Waals surface area contributed by atoms with Gasteiger partial charge in [-0.2, -0.15) is 5.10 Å². The first-order chi connectivity index (χ1) is 14.1. The maximum absolute atomic E-state index is 11.9.